The second-order valence-corrected chi connectivity index (χ2v) is 7.61. The van der Waals surface area contributed by atoms with Crippen LogP contribution in [0.1, 0.15) is 10.5 Å². The number of nitrogens with zero attached hydrogens (tertiary/aromatic N) is 4. The van der Waals surface area contributed by atoms with Crippen molar-refractivity contribution in [3.8, 4) is 23.0 Å². The maximum absolute atomic E-state index is 13.1. The van der Waals surface area contributed by atoms with Crippen molar-refractivity contribution in [3.05, 3.63) is 84.4 Å². The van der Waals surface area contributed by atoms with Crippen LogP contribution in [0, 0.1) is 5.82 Å². The fourth-order valence-electron chi connectivity index (χ4n) is 3.38. The normalized spacial score (nSPS) is 13.5. The Morgan fingerprint density at radius 3 is 2.51 bits per heavy atom. The van der Waals surface area contributed by atoms with Crippen molar-refractivity contribution < 1.29 is 23.4 Å². The average molecular weight is 477 g/mol. The van der Waals surface area contributed by atoms with Gasteiger partial charge in [-0.3, -0.25) is 4.79 Å². The molecule has 10 heteroatoms. The van der Waals surface area contributed by atoms with Gasteiger partial charge in [0.25, 0.3) is 5.91 Å². The second kappa shape index (κ2) is 9.72. The maximum Gasteiger partial charge on any atom is 0.272 e. The van der Waals surface area contributed by atoms with Gasteiger partial charge in [0.15, 0.2) is 11.5 Å². The molecule has 1 aliphatic heterocycles. The van der Waals surface area contributed by atoms with Crippen LogP contribution in [0.15, 0.2) is 72.8 Å². The van der Waals surface area contributed by atoms with E-state index in [1.807, 2.05) is 11.0 Å². The van der Waals surface area contributed by atoms with Crippen molar-refractivity contribution in [2.24, 2.45) is 0 Å². The number of anilines is 2. The van der Waals surface area contributed by atoms with Crippen LogP contribution in [0.4, 0.5) is 15.9 Å². The van der Waals surface area contributed by atoms with Gasteiger partial charge in [-0.2, -0.15) is 0 Å². The first kappa shape index (κ1) is 23.6. The van der Waals surface area contributed by atoms with Crippen molar-refractivity contribution in [2.45, 2.75) is 0 Å². The number of hydrogen-bond donors (Lipinski definition) is 1. The minimum atomic E-state index is -0.372. The summed E-state index contributed by atoms with van der Waals surface area (Å²) in [5.41, 5.74) is 8.26. The van der Waals surface area contributed by atoms with Crippen LogP contribution in [-0.4, -0.2) is 48.6 Å². The Bertz CT molecular complexity index is 1310. The van der Waals surface area contributed by atoms with Crippen molar-refractivity contribution in [2.75, 3.05) is 38.4 Å². The molecule has 1 aliphatic rings. The Morgan fingerprint density at radius 2 is 1.83 bits per heavy atom. The highest BCUT2D eigenvalue weighted by atomic mass is 19.1. The first-order valence-corrected chi connectivity index (χ1v) is 10.5. The Kier molecular flexibility index (Phi) is 6.54. The zero-order valence-electron chi connectivity index (χ0n) is 19.5. The van der Waals surface area contributed by atoms with Gasteiger partial charge in [-0.15, -0.1) is 0 Å². The van der Waals surface area contributed by atoms with E-state index in [2.05, 4.69) is 16.5 Å². The first-order valence-electron chi connectivity index (χ1n) is 10.5. The molecule has 0 atom stereocenters. The molecule has 2 N–H and O–H groups in total. The Balaban J connectivity index is 1.44. The molecule has 35 heavy (non-hydrogen) atoms. The van der Waals surface area contributed by atoms with E-state index in [-0.39, 0.29) is 17.4 Å². The number of rotatable bonds is 8. The van der Waals surface area contributed by atoms with Gasteiger partial charge in [-0.05, 0) is 30.3 Å². The Morgan fingerprint density at radius 1 is 1.11 bits per heavy atom. The number of nitrogens with two attached hydrogens (primary N) is 1. The standard InChI is InChI=1S/C25H24FN5O4/c1-15-19(31(15)20-13-29-24(27)12-21(20)33-3)9-10-30(2)25(32)18-11-22(34-4)23(14-28-18)35-17-7-5-16(26)6-8-17/h5-9,11-14H,1,10H2,2-4H3,(H2,27,29). The molecule has 0 unspecified atom stereocenters. The van der Waals surface area contributed by atoms with Crippen molar-refractivity contribution in [3.63, 3.8) is 0 Å². The number of halogens is 1. The van der Waals surface area contributed by atoms with E-state index in [0.717, 1.165) is 17.1 Å². The summed E-state index contributed by atoms with van der Waals surface area (Å²) in [5.74, 6) is 1.29. The molecule has 1 aromatic carbocycles. The molecular weight excluding hydrogens is 453 g/mol. The summed E-state index contributed by atoms with van der Waals surface area (Å²) in [6.07, 6.45) is 4.88. The lowest BCUT2D eigenvalue weighted by Crippen LogP contribution is -2.27. The molecule has 4 rings (SSSR count). The van der Waals surface area contributed by atoms with Gasteiger partial charge in [-0.25, -0.2) is 14.4 Å². The van der Waals surface area contributed by atoms with E-state index in [0.29, 0.717) is 35.4 Å². The van der Waals surface area contributed by atoms with Crippen LogP contribution in [0.2, 0.25) is 0 Å². The van der Waals surface area contributed by atoms with Gasteiger partial charge in [0, 0.05) is 25.7 Å². The summed E-state index contributed by atoms with van der Waals surface area (Å²) < 4.78 is 29.6. The predicted molar refractivity (Wildman–Crippen MR) is 129 cm³/mol. The molecular formula is C25H24FN5O4. The number of carbonyl (C=O) groups excluding carboxylic acids is 1. The number of likely N-dealkylation sites (N-methyl/N-ethyl adjacent to an activating group) is 1. The average Bonchev–Trinajstić information content (AvgIpc) is 3.51. The van der Waals surface area contributed by atoms with E-state index in [1.54, 1.807) is 26.4 Å². The number of benzene rings is 1. The third-order valence-electron chi connectivity index (χ3n) is 5.30. The molecule has 2 aromatic heterocycles. The van der Waals surface area contributed by atoms with Crippen LogP contribution in [0.3, 0.4) is 0 Å². The monoisotopic (exact) mass is 477 g/mol. The molecule has 0 saturated carbocycles. The Labute approximate surface area is 201 Å². The lowest BCUT2D eigenvalue weighted by atomic mass is 10.3. The van der Waals surface area contributed by atoms with Crippen LogP contribution >= 0.6 is 0 Å². The van der Waals surface area contributed by atoms with E-state index >= 15 is 0 Å². The molecule has 1 saturated heterocycles. The number of nitrogen functional groups attached to an aromatic ring is 1. The van der Waals surface area contributed by atoms with Crippen molar-refractivity contribution in [1.29, 1.82) is 0 Å². The van der Waals surface area contributed by atoms with Gasteiger partial charge in [0.1, 0.15) is 34.5 Å². The first-order chi connectivity index (χ1) is 16.8. The highest BCUT2D eigenvalue weighted by Crippen LogP contribution is 2.45. The van der Waals surface area contributed by atoms with Crippen LogP contribution in [0.25, 0.3) is 0 Å². The smallest absolute Gasteiger partial charge is 0.272 e. The number of ether oxygens (including phenoxy) is 3. The second-order valence-electron chi connectivity index (χ2n) is 7.61. The minimum absolute atomic E-state index is 0.185. The molecule has 0 radical (unpaired) electrons. The minimum Gasteiger partial charge on any atom is -0.494 e. The summed E-state index contributed by atoms with van der Waals surface area (Å²) in [5, 5.41) is 0. The van der Waals surface area contributed by atoms with E-state index in [1.165, 1.54) is 48.5 Å². The number of carbonyl (C=O) groups is 1. The quantitative estimate of drug-likeness (QED) is 0.486. The zero-order valence-corrected chi connectivity index (χ0v) is 19.5. The number of amides is 1. The molecule has 1 amide bonds. The SMILES string of the molecule is C=C1C(=CCN(C)C(=O)c2cc(OC)c(Oc3ccc(F)cc3)cn2)N1c1cnc(N)cc1OC. The number of methoxy groups -OCH3 is 2. The van der Waals surface area contributed by atoms with Crippen molar-refractivity contribution in [1.82, 2.24) is 14.9 Å². The fraction of sp³-hybridized carbons (Fsp3) is 0.160. The third kappa shape index (κ3) is 5.01. The summed E-state index contributed by atoms with van der Waals surface area (Å²) >= 11 is 0. The van der Waals surface area contributed by atoms with Crippen LogP contribution in [-0.2, 0) is 0 Å². The van der Waals surface area contributed by atoms with Gasteiger partial charge < -0.3 is 29.7 Å². The molecule has 0 aliphatic carbocycles. The number of hydrogen-bond acceptors (Lipinski definition) is 8. The van der Waals surface area contributed by atoms with E-state index < -0.39 is 0 Å². The lowest BCUT2D eigenvalue weighted by Gasteiger charge is -2.16. The summed E-state index contributed by atoms with van der Waals surface area (Å²) in [6.45, 7) is 4.34. The molecule has 3 heterocycles. The summed E-state index contributed by atoms with van der Waals surface area (Å²) in [4.78, 5) is 24.6. The van der Waals surface area contributed by atoms with Crippen molar-refractivity contribution >= 4 is 17.4 Å². The van der Waals surface area contributed by atoms with Gasteiger partial charge >= 0.3 is 0 Å². The molecule has 9 nitrogen and oxygen atoms in total. The molecule has 0 spiro atoms. The number of aromatic nitrogens is 2. The van der Waals surface area contributed by atoms with Gasteiger partial charge in [-0.1, -0.05) is 6.58 Å². The topological polar surface area (TPSA) is 103 Å². The van der Waals surface area contributed by atoms with Crippen LogP contribution in [0.5, 0.6) is 23.0 Å². The maximum atomic E-state index is 13.1. The van der Waals surface area contributed by atoms with Crippen LogP contribution < -0.4 is 24.8 Å². The third-order valence-corrected chi connectivity index (χ3v) is 5.30. The molecule has 0 bridgehead atoms. The molecule has 1 fully saturated rings. The highest BCUT2D eigenvalue weighted by molar-refractivity contribution is 5.93. The van der Waals surface area contributed by atoms with E-state index in [9.17, 15) is 9.18 Å². The molecule has 3 aromatic rings. The van der Waals surface area contributed by atoms with Gasteiger partial charge in [0.05, 0.1) is 38.0 Å². The largest absolute Gasteiger partial charge is 0.494 e. The summed E-state index contributed by atoms with van der Waals surface area (Å²) in [6, 6.07) is 8.67. The highest BCUT2D eigenvalue weighted by Gasteiger charge is 2.35. The number of pyridine rings is 2. The lowest BCUT2D eigenvalue weighted by molar-refractivity contribution is 0.0804. The molecule has 180 valence electrons. The fourth-order valence-corrected chi connectivity index (χ4v) is 3.38. The Hall–Kier alpha value is -4.60. The zero-order chi connectivity index (χ0) is 25.1. The summed E-state index contributed by atoms with van der Waals surface area (Å²) in [7, 11) is 4.68. The van der Waals surface area contributed by atoms with Gasteiger partial charge in [0.2, 0.25) is 0 Å². The van der Waals surface area contributed by atoms with E-state index in [4.69, 9.17) is 19.9 Å². The predicted octanol–water partition coefficient (Wildman–Crippen LogP) is 4.00.